The summed E-state index contributed by atoms with van der Waals surface area (Å²) < 4.78 is 10.9. The monoisotopic (exact) mass is 385 g/mol. The molecule has 2 N–H and O–H groups in total. The summed E-state index contributed by atoms with van der Waals surface area (Å²) in [5, 5.41) is 7.30. The predicted molar refractivity (Wildman–Crippen MR) is 113 cm³/mol. The number of thiocarbonyl (C=S) groups is 1. The number of nitrogens with zero attached hydrogens (tertiary/aromatic N) is 1. The first-order chi connectivity index (χ1) is 13.2. The number of ether oxygens (including phenoxy) is 2. The number of rotatable bonds is 6. The van der Waals surface area contributed by atoms with Crippen LogP contribution in [0.3, 0.4) is 0 Å². The van der Waals surface area contributed by atoms with Gasteiger partial charge in [0, 0.05) is 19.1 Å². The average Bonchev–Trinajstić information content (AvgIpc) is 2.70. The van der Waals surface area contributed by atoms with E-state index in [0.29, 0.717) is 5.11 Å². The Labute approximate surface area is 166 Å². The molecule has 0 spiro atoms. The van der Waals surface area contributed by atoms with E-state index in [1.54, 1.807) is 7.11 Å². The van der Waals surface area contributed by atoms with Gasteiger partial charge in [-0.05, 0) is 36.8 Å². The van der Waals surface area contributed by atoms with Crippen LogP contribution in [0.5, 0.6) is 5.75 Å². The van der Waals surface area contributed by atoms with E-state index in [1.165, 1.54) is 5.56 Å². The second-order valence-corrected chi connectivity index (χ2v) is 7.00. The number of morpholine rings is 1. The van der Waals surface area contributed by atoms with Crippen LogP contribution in [-0.4, -0.2) is 49.5 Å². The minimum absolute atomic E-state index is 0.125. The lowest BCUT2D eigenvalue weighted by Crippen LogP contribution is -2.49. The highest BCUT2D eigenvalue weighted by Crippen LogP contribution is 2.26. The standard InChI is InChI=1S/C21H27N3O2S/c1-16(22-21(27)23-18-10-6-7-11-19(18)25-2)20(17-8-4-3-5-9-17)24-12-14-26-15-13-24/h3-11,16,20H,12-15H2,1-2H3,(H2,22,23,27)/t16-,20-/m0/s1. The Kier molecular flexibility index (Phi) is 7.04. The van der Waals surface area contributed by atoms with Crippen molar-refractivity contribution in [3.05, 3.63) is 60.2 Å². The van der Waals surface area contributed by atoms with Crippen LogP contribution in [0, 0.1) is 0 Å². The van der Waals surface area contributed by atoms with Gasteiger partial charge in [0.2, 0.25) is 0 Å². The first-order valence-corrected chi connectivity index (χ1v) is 9.67. The Morgan fingerprint density at radius 2 is 1.74 bits per heavy atom. The van der Waals surface area contributed by atoms with E-state index in [-0.39, 0.29) is 12.1 Å². The quantitative estimate of drug-likeness (QED) is 0.743. The molecule has 2 atom stereocenters. The van der Waals surface area contributed by atoms with Gasteiger partial charge in [-0.3, -0.25) is 4.90 Å². The van der Waals surface area contributed by atoms with Gasteiger partial charge in [-0.25, -0.2) is 0 Å². The summed E-state index contributed by atoms with van der Waals surface area (Å²) in [5.41, 5.74) is 2.13. The van der Waals surface area contributed by atoms with Crippen LogP contribution in [0.2, 0.25) is 0 Å². The Morgan fingerprint density at radius 3 is 2.44 bits per heavy atom. The van der Waals surface area contributed by atoms with Crippen molar-refractivity contribution >= 4 is 23.0 Å². The summed E-state index contributed by atoms with van der Waals surface area (Å²) in [4.78, 5) is 2.46. The summed E-state index contributed by atoms with van der Waals surface area (Å²) >= 11 is 5.57. The number of hydrogen-bond donors (Lipinski definition) is 2. The van der Waals surface area contributed by atoms with Crippen molar-refractivity contribution in [2.75, 3.05) is 38.7 Å². The fourth-order valence-corrected chi connectivity index (χ4v) is 3.81. The molecule has 0 saturated carbocycles. The molecule has 1 aliphatic rings. The molecule has 0 unspecified atom stereocenters. The summed E-state index contributed by atoms with van der Waals surface area (Å²) in [7, 11) is 1.66. The number of hydrogen-bond acceptors (Lipinski definition) is 4. The van der Waals surface area contributed by atoms with Crippen LogP contribution in [0.25, 0.3) is 0 Å². The van der Waals surface area contributed by atoms with Crippen LogP contribution in [0.1, 0.15) is 18.5 Å². The van der Waals surface area contributed by atoms with Gasteiger partial charge >= 0.3 is 0 Å². The van der Waals surface area contributed by atoms with Crippen molar-refractivity contribution < 1.29 is 9.47 Å². The third-order valence-corrected chi connectivity index (χ3v) is 4.99. The lowest BCUT2D eigenvalue weighted by molar-refractivity contribution is 0.0102. The highest BCUT2D eigenvalue weighted by Gasteiger charge is 2.28. The van der Waals surface area contributed by atoms with Crippen molar-refractivity contribution in [3.8, 4) is 5.75 Å². The lowest BCUT2D eigenvalue weighted by atomic mass is 9.98. The summed E-state index contributed by atoms with van der Waals surface area (Å²) in [6.07, 6.45) is 0. The molecule has 27 heavy (non-hydrogen) atoms. The fourth-order valence-electron chi connectivity index (χ4n) is 3.51. The minimum Gasteiger partial charge on any atom is -0.495 e. The van der Waals surface area contributed by atoms with Gasteiger partial charge in [0.05, 0.1) is 32.1 Å². The van der Waals surface area contributed by atoms with E-state index < -0.39 is 0 Å². The van der Waals surface area contributed by atoms with Gasteiger partial charge in [-0.1, -0.05) is 42.5 Å². The average molecular weight is 386 g/mol. The van der Waals surface area contributed by atoms with Crippen LogP contribution < -0.4 is 15.4 Å². The van der Waals surface area contributed by atoms with Gasteiger partial charge in [0.25, 0.3) is 0 Å². The first-order valence-electron chi connectivity index (χ1n) is 9.26. The van der Waals surface area contributed by atoms with Crippen molar-refractivity contribution in [3.63, 3.8) is 0 Å². The molecule has 5 nitrogen and oxygen atoms in total. The number of methoxy groups -OCH3 is 1. The molecule has 2 aromatic rings. The van der Waals surface area contributed by atoms with Crippen LogP contribution >= 0.6 is 12.2 Å². The van der Waals surface area contributed by atoms with Crippen molar-refractivity contribution in [1.82, 2.24) is 10.2 Å². The molecule has 3 rings (SSSR count). The normalized spacial score (nSPS) is 17.0. The number of nitrogens with one attached hydrogen (secondary N) is 2. The molecule has 1 heterocycles. The number of anilines is 1. The molecule has 1 aliphatic heterocycles. The molecule has 0 amide bonds. The van der Waals surface area contributed by atoms with Crippen molar-refractivity contribution in [2.24, 2.45) is 0 Å². The summed E-state index contributed by atoms with van der Waals surface area (Å²) in [6.45, 7) is 5.53. The SMILES string of the molecule is COc1ccccc1NC(=S)N[C@@H](C)[C@@H](c1ccccc1)N1CCOCC1. The van der Waals surface area contributed by atoms with Gasteiger partial charge in [-0.2, -0.15) is 0 Å². The second kappa shape index (κ2) is 9.69. The maximum Gasteiger partial charge on any atom is 0.171 e. The molecular weight excluding hydrogens is 358 g/mol. The van der Waals surface area contributed by atoms with Gasteiger partial charge in [0.15, 0.2) is 5.11 Å². The minimum atomic E-state index is 0.125. The van der Waals surface area contributed by atoms with E-state index in [9.17, 15) is 0 Å². The molecule has 0 aromatic heterocycles. The number of benzene rings is 2. The van der Waals surface area contributed by atoms with Gasteiger partial charge < -0.3 is 20.1 Å². The Bertz CT molecular complexity index is 735. The fraction of sp³-hybridized carbons (Fsp3) is 0.381. The maximum atomic E-state index is 5.57. The maximum absolute atomic E-state index is 5.57. The lowest BCUT2D eigenvalue weighted by Gasteiger charge is -2.38. The topological polar surface area (TPSA) is 45.8 Å². The van der Waals surface area contributed by atoms with Gasteiger partial charge in [0.1, 0.15) is 5.75 Å². The predicted octanol–water partition coefficient (Wildman–Crippen LogP) is 3.44. The van der Waals surface area contributed by atoms with E-state index in [4.69, 9.17) is 21.7 Å². The third-order valence-electron chi connectivity index (χ3n) is 4.77. The van der Waals surface area contributed by atoms with Crippen LogP contribution in [-0.2, 0) is 4.74 Å². The molecule has 0 aliphatic carbocycles. The molecule has 0 radical (unpaired) electrons. The zero-order chi connectivity index (χ0) is 19.1. The molecule has 144 valence electrons. The first kappa shape index (κ1) is 19.6. The van der Waals surface area contributed by atoms with Crippen molar-refractivity contribution in [2.45, 2.75) is 19.0 Å². The molecule has 1 saturated heterocycles. The molecule has 1 fully saturated rings. The molecular formula is C21H27N3O2S. The highest BCUT2D eigenvalue weighted by atomic mass is 32.1. The highest BCUT2D eigenvalue weighted by molar-refractivity contribution is 7.80. The van der Waals surface area contributed by atoms with E-state index in [0.717, 1.165) is 37.7 Å². The zero-order valence-corrected chi connectivity index (χ0v) is 16.7. The third kappa shape index (κ3) is 5.19. The largest absolute Gasteiger partial charge is 0.495 e. The van der Waals surface area contributed by atoms with Crippen LogP contribution in [0.4, 0.5) is 5.69 Å². The van der Waals surface area contributed by atoms with E-state index in [2.05, 4.69) is 46.7 Å². The Morgan fingerprint density at radius 1 is 1.07 bits per heavy atom. The van der Waals surface area contributed by atoms with Gasteiger partial charge in [-0.15, -0.1) is 0 Å². The zero-order valence-electron chi connectivity index (χ0n) is 15.9. The Hall–Kier alpha value is -2.15. The summed E-state index contributed by atoms with van der Waals surface area (Å²) in [6, 6.07) is 18.7. The van der Waals surface area contributed by atoms with E-state index in [1.807, 2.05) is 30.3 Å². The smallest absolute Gasteiger partial charge is 0.171 e. The second-order valence-electron chi connectivity index (χ2n) is 6.59. The van der Waals surface area contributed by atoms with E-state index >= 15 is 0 Å². The number of para-hydroxylation sites is 2. The molecule has 0 bridgehead atoms. The molecule has 6 heteroatoms. The molecule has 2 aromatic carbocycles. The van der Waals surface area contributed by atoms with Crippen molar-refractivity contribution in [1.29, 1.82) is 0 Å². The van der Waals surface area contributed by atoms with Crippen LogP contribution in [0.15, 0.2) is 54.6 Å². The summed E-state index contributed by atoms with van der Waals surface area (Å²) in [5.74, 6) is 0.766. The Balaban J connectivity index is 1.71.